The lowest BCUT2D eigenvalue weighted by molar-refractivity contribution is -0.397. The van der Waals surface area contributed by atoms with E-state index in [1.807, 2.05) is 0 Å². The van der Waals surface area contributed by atoms with Gasteiger partial charge in [0.15, 0.2) is 12.6 Å². The van der Waals surface area contributed by atoms with Gasteiger partial charge in [-0.1, -0.05) is 20.2 Å². The molecule has 4 rings (SSSR count). The van der Waals surface area contributed by atoms with Crippen LogP contribution in [-0.4, -0.2) is 127 Å². The van der Waals surface area contributed by atoms with E-state index in [2.05, 4.69) is 30.0 Å². The number of hydrogen-bond acceptors (Lipinski definition) is 18. The van der Waals surface area contributed by atoms with Crippen LogP contribution in [0.25, 0.3) is 20.9 Å². The van der Waals surface area contributed by atoms with Crippen LogP contribution in [-0.2, 0) is 55.4 Å². The molecule has 0 spiro atoms. The zero-order valence-electron chi connectivity index (χ0n) is 30.7. The lowest BCUT2D eigenvalue weighted by Crippen LogP contribution is -2.34. The third-order valence-corrected chi connectivity index (χ3v) is 10.1. The predicted octanol–water partition coefficient (Wildman–Crippen LogP) is 3.70. The van der Waals surface area contributed by atoms with Gasteiger partial charge in [0.05, 0.1) is 24.7 Å². The van der Waals surface area contributed by atoms with E-state index in [0.717, 1.165) is 32.1 Å². The molecule has 0 amide bonds. The van der Waals surface area contributed by atoms with Gasteiger partial charge in [0.1, 0.15) is 50.1 Å². The molecule has 29 heteroatoms. The van der Waals surface area contributed by atoms with Crippen LogP contribution in [0.5, 0.6) is 0 Å². The minimum atomic E-state index is -3.87. The largest absolute Gasteiger partial charge is 0.434 e. The molecule has 2 aliphatic heterocycles. The van der Waals surface area contributed by atoms with Gasteiger partial charge in [-0.25, -0.2) is 17.6 Å². The second-order valence-electron chi connectivity index (χ2n) is 12.0. The summed E-state index contributed by atoms with van der Waals surface area (Å²) < 4.78 is 74.4. The number of aliphatic hydroxyl groups excluding tert-OH is 1. The highest BCUT2D eigenvalue weighted by Crippen LogP contribution is 2.19. The molecule has 57 heavy (non-hydrogen) atoms. The van der Waals surface area contributed by atoms with Crippen molar-refractivity contribution in [2.24, 2.45) is 10.2 Å². The van der Waals surface area contributed by atoms with Crippen molar-refractivity contribution in [3.05, 3.63) is 65.9 Å². The van der Waals surface area contributed by atoms with Crippen LogP contribution in [0.4, 0.5) is 11.9 Å². The molecule has 1 N–H and O–H groups in total. The van der Waals surface area contributed by atoms with Crippen molar-refractivity contribution in [3.63, 3.8) is 0 Å². The fraction of sp³-hybridized carbons (Fsp3) is 0.786. The summed E-state index contributed by atoms with van der Waals surface area (Å²) in [5.41, 5.74) is 16.0. The van der Waals surface area contributed by atoms with Gasteiger partial charge in [-0.2, -0.15) is 8.42 Å². The summed E-state index contributed by atoms with van der Waals surface area (Å²) >= 11 is 0. The molecule has 4 heterocycles. The predicted molar refractivity (Wildman–Crippen MR) is 198 cm³/mol. The van der Waals surface area contributed by atoms with E-state index in [1.54, 1.807) is 0 Å². The maximum atomic E-state index is 12.0. The van der Waals surface area contributed by atoms with E-state index < -0.39 is 47.5 Å². The number of imidazole rings is 2. The highest BCUT2D eigenvalue weighted by molar-refractivity contribution is 8.13. The quantitative estimate of drug-likeness (QED) is 0.0257. The molecule has 26 nitrogen and oxygen atoms in total. The molecule has 0 aromatic carbocycles. The van der Waals surface area contributed by atoms with Crippen LogP contribution in [0.2, 0.25) is 0 Å². The molecular formula is C28H45ClN12O14S2. The monoisotopic (exact) mass is 872 g/mol. The van der Waals surface area contributed by atoms with Crippen LogP contribution in [0.15, 0.2) is 35.0 Å². The molecule has 0 bridgehead atoms. The minimum Gasteiger partial charge on any atom is -0.394 e. The third-order valence-electron chi connectivity index (χ3n) is 7.54. The lowest BCUT2D eigenvalue weighted by atomic mass is 10.2. The van der Waals surface area contributed by atoms with Gasteiger partial charge in [0.2, 0.25) is 9.05 Å². The van der Waals surface area contributed by atoms with E-state index in [1.165, 1.54) is 33.9 Å². The highest BCUT2D eigenvalue weighted by Gasteiger charge is 2.27. The van der Waals surface area contributed by atoms with Crippen molar-refractivity contribution in [1.29, 1.82) is 0 Å². The fourth-order valence-electron chi connectivity index (χ4n) is 4.96. The summed E-state index contributed by atoms with van der Waals surface area (Å²) in [6.07, 6.45) is 8.97. The second-order valence-corrected chi connectivity index (χ2v) is 16.6. The normalized spacial score (nSPS) is 17.9. The van der Waals surface area contributed by atoms with Gasteiger partial charge in [0.25, 0.3) is 10.1 Å². The molecule has 0 radical (unpaired) electrons. The number of azide groups is 2. The number of nitrogens with zero attached hydrogens (tertiary/aromatic N) is 12. The van der Waals surface area contributed by atoms with Gasteiger partial charge in [-0.3, -0.25) is 4.18 Å². The Morgan fingerprint density at radius 2 is 1.33 bits per heavy atom. The molecular weight excluding hydrogens is 828 g/mol. The second kappa shape index (κ2) is 26.7. The number of aliphatic hydroxyl groups is 1. The number of hydrogen-bond donors (Lipinski definition) is 1. The summed E-state index contributed by atoms with van der Waals surface area (Å²) in [7, 11) is -2.43. The van der Waals surface area contributed by atoms with Gasteiger partial charge in [-0.15, -0.1) is 0 Å². The molecule has 2 fully saturated rings. The molecule has 4 unspecified atom stereocenters. The first-order chi connectivity index (χ1) is 27.2. The van der Waals surface area contributed by atoms with Crippen LogP contribution < -0.4 is 0 Å². The zero-order valence-corrected chi connectivity index (χ0v) is 33.1. The Kier molecular flexibility index (Phi) is 22.9. The average molecular weight is 873 g/mol. The van der Waals surface area contributed by atoms with Crippen LogP contribution in [0.3, 0.4) is 0 Å². The maximum absolute atomic E-state index is 12.0. The molecule has 320 valence electrons. The minimum absolute atomic E-state index is 0.0234. The number of nitro groups is 2. The smallest absolute Gasteiger partial charge is 0.394 e. The Labute approximate surface area is 331 Å². The summed E-state index contributed by atoms with van der Waals surface area (Å²) in [5.74, 6) is -1.10. The number of ether oxygens (including phenoxy) is 4. The van der Waals surface area contributed by atoms with E-state index >= 15 is 0 Å². The maximum Gasteiger partial charge on any atom is 0.434 e. The molecule has 2 aromatic rings. The number of halogens is 1. The van der Waals surface area contributed by atoms with Crippen LogP contribution >= 0.6 is 10.7 Å². The number of aromatic nitrogens is 4. The SMILES string of the molecule is O=[N+]([O-])c1nccn1CC(CO)OC1CCCCO1.[N-]=[N+]=NCCCS(=O)(=O)Cl.[N-]=[N+]=NCCCS(=O)(=O)OCC(Cn1ccnc1[N+](=O)[O-])OC1CCCCO1. The molecule has 0 saturated carbocycles. The van der Waals surface area contributed by atoms with Crippen LogP contribution in [0.1, 0.15) is 51.4 Å². The fourth-order valence-corrected chi connectivity index (χ4v) is 6.72. The van der Waals surface area contributed by atoms with Crippen molar-refractivity contribution < 1.29 is 54.9 Å². The lowest BCUT2D eigenvalue weighted by Gasteiger charge is -2.27. The molecule has 4 atom stereocenters. The molecule has 2 aromatic heterocycles. The Balaban J connectivity index is 0.000000332. The van der Waals surface area contributed by atoms with E-state index in [4.69, 9.17) is 44.9 Å². The molecule has 2 saturated heterocycles. The number of rotatable bonds is 22. The van der Waals surface area contributed by atoms with E-state index in [9.17, 15) is 42.2 Å². The van der Waals surface area contributed by atoms with Crippen molar-refractivity contribution >= 4 is 41.7 Å². The van der Waals surface area contributed by atoms with Gasteiger partial charge in [0, 0.05) is 46.8 Å². The Morgan fingerprint density at radius 1 is 0.860 bits per heavy atom. The van der Waals surface area contributed by atoms with E-state index in [0.29, 0.717) is 19.6 Å². The van der Waals surface area contributed by atoms with Crippen molar-refractivity contribution in [2.75, 3.05) is 51.0 Å². The Bertz CT molecular complexity index is 1830. The van der Waals surface area contributed by atoms with Crippen molar-refractivity contribution in [2.45, 2.75) is 89.2 Å². The topological polar surface area (TPSA) is 354 Å². The van der Waals surface area contributed by atoms with Crippen molar-refractivity contribution in [3.8, 4) is 0 Å². The first-order valence-corrected chi connectivity index (χ1v) is 21.5. The summed E-state index contributed by atoms with van der Waals surface area (Å²) in [6, 6.07) is 0. The average Bonchev–Trinajstić information content (AvgIpc) is 3.85. The van der Waals surface area contributed by atoms with Gasteiger partial charge < -0.3 is 44.3 Å². The van der Waals surface area contributed by atoms with Gasteiger partial charge >= 0.3 is 11.9 Å². The van der Waals surface area contributed by atoms with Crippen molar-refractivity contribution in [1.82, 2.24) is 19.1 Å². The summed E-state index contributed by atoms with van der Waals surface area (Å²) in [6.45, 7) is 0.971. The first-order valence-electron chi connectivity index (χ1n) is 17.4. The Morgan fingerprint density at radius 3 is 1.75 bits per heavy atom. The molecule has 2 aliphatic rings. The molecule has 0 aliphatic carbocycles. The van der Waals surface area contributed by atoms with E-state index in [-0.39, 0.29) is 81.9 Å². The zero-order chi connectivity index (χ0) is 42.1. The summed E-state index contributed by atoms with van der Waals surface area (Å²) in [4.78, 5) is 32.9. The Hall–Kier alpha value is -4.21. The highest BCUT2D eigenvalue weighted by atomic mass is 35.7. The summed E-state index contributed by atoms with van der Waals surface area (Å²) in [5, 5.41) is 37.5. The first kappa shape index (κ1) is 48.9. The standard InChI is InChI=1S/C14H22N6O7S.C11H17N3O5.C3H6ClN3O2S/c15-18-17-5-3-9-28(23,24)26-11-12(27-13-4-1-2-8-25-13)10-19-7-6-16-14(19)20(21)22;15-8-9(19-10-3-1-2-6-18-10)7-13-5-4-12-11(13)14(16)17;4-10(8,9)3-1-2-6-7-5/h6-7,12-13H,1-5,8-11H2;4-5,9-10,15H,1-3,6-8H2;1-3H2. The third kappa shape index (κ3) is 21.2. The van der Waals surface area contributed by atoms with Gasteiger partial charge in [-0.05, 0) is 72.3 Å². The van der Waals surface area contributed by atoms with Crippen LogP contribution in [0, 0.1) is 20.2 Å².